The molecule has 0 bridgehead atoms. The Kier molecular flexibility index (Phi) is 6.66. The van der Waals surface area contributed by atoms with Gasteiger partial charge in [0.2, 0.25) is 0 Å². The van der Waals surface area contributed by atoms with Gasteiger partial charge in [-0.15, -0.1) is 0 Å². The van der Waals surface area contributed by atoms with Crippen LogP contribution in [0.2, 0.25) is 0 Å². The number of aromatic nitrogens is 2. The molecule has 0 fully saturated rings. The summed E-state index contributed by atoms with van der Waals surface area (Å²) in [7, 11) is 3.34. The van der Waals surface area contributed by atoms with Gasteiger partial charge < -0.3 is 19.7 Å². The normalized spacial score (nSPS) is 15.1. The van der Waals surface area contributed by atoms with Crippen molar-refractivity contribution >= 4 is 34.6 Å². The molecule has 0 saturated carbocycles. The Labute approximate surface area is 251 Å². The first-order chi connectivity index (χ1) is 21.1. The highest BCUT2D eigenvalue weighted by Crippen LogP contribution is 2.51. The molecule has 0 amide bonds. The molecule has 0 saturated heterocycles. The van der Waals surface area contributed by atoms with Gasteiger partial charge in [-0.25, -0.2) is 14.7 Å². The molecule has 8 heteroatoms. The molecule has 7 rings (SSSR count). The molecule has 8 nitrogen and oxygen atoms in total. The number of hydrogen-bond acceptors (Lipinski definition) is 7. The van der Waals surface area contributed by atoms with Crippen LogP contribution in [0.3, 0.4) is 0 Å². The van der Waals surface area contributed by atoms with Crippen LogP contribution in [0.15, 0.2) is 107 Å². The third-order valence-electron chi connectivity index (χ3n) is 7.99. The summed E-state index contributed by atoms with van der Waals surface area (Å²) in [4.78, 5) is 12.7. The molecular weight excluding hydrogens is 536 g/mol. The average molecular weight is 569 g/mol. The summed E-state index contributed by atoms with van der Waals surface area (Å²) in [6, 6.07) is 32.4. The number of para-hydroxylation sites is 4. The maximum absolute atomic E-state index is 6.01. The molecule has 43 heavy (non-hydrogen) atoms. The Morgan fingerprint density at radius 3 is 2.33 bits per heavy atom. The second-order valence-electron chi connectivity index (χ2n) is 10.5. The van der Waals surface area contributed by atoms with E-state index in [1.807, 2.05) is 72.3 Å². The number of benzene rings is 4. The number of anilines is 2. The van der Waals surface area contributed by atoms with Gasteiger partial charge in [0.15, 0.2) is 29.0 Å². The fourth-order valence-corrected chi connectivity index (χ4v) is 5.93. The van der Waals surface area contributed by atoms with Crippen LogP contribution in [0.5, 0.6) is 11.5 Å². The van der Waals surface area contributed by atoms with Gasteiger partial charge in [0.05, 0.1) is 43.0 Å². The fourth-order valence-electron chi connectivity index (χ4n) is 5.93. The summed E-state index contributed by atoms with van der Waals surface area (Å²) < 4.78 is 13.7. The number of nitrogens with zero attached hydrogens (tertiary/aromatic N) is 5. The predicted octanol–water partition coefficient (Wildman–Crippen LogP) is 7.56. The van der Waals surface area contributed by atoms with E-state index in [9.17, 15) is 0 Å². The van der Waals surface area contributed by atoms with Crippen molar-refractivity contribution in [2.75, 3.05) is 24.4 Å². The standard InChI is InChI=1S/C35H32N6O2/c1-5-23-18-20-24(21-19-23)36-33-35-38-34-30(22(2)39-41(34)25-12-7-6-8-13-25)31(26-14-11-17-29(42-3)32(26)43-4)40(35)28-16-10-9-15-27(28)37-33/h6-21,31H,5H2,1-4H3,(H,36,37)/t31-/m1/s1. The number of nitrogens with one attached hydrogen (secondary N) is 1. The van der Waals surface area contributed by atoms with Crippen LogP contribution < -0.4 is 19.7 Å². The van der Waals surface area contributed by atoms with E-state index >= 15 is 0 Å². The highest BCUT2D eigenvalue weighted by atomic mass is 16.5. The van der Waals surface area contributed by atoms with Gasteiger partial charge in [-0.2, -0.15) is 5.10 Å². The molecular formula is C35H32N6O2. The Morgan fingerprint density at radius 2 is 1.58 bits per heavy atom. The lowest BCUT2D eigenvalue weighted by atomic mass is 9.92. The van der Waals surface area contributed by atoms with E-state index in [-0.39, 0.29) is 6.04 Å². The van der Waals surface area contributed by atoms with Gasteiger partial charge in [-0.1, -0.05) is 61.5 Å². The molecule has 0 radical (unpaired) electrons. The molecule has 4 aromatic carbocycles. The molecule has 1 aromatic heterocycles. The van der Waals surface area contributed by atoms with Gasteiger partial charge in [0.25, 0.3) is 0 Å². The first-order valence-corrected chi connectivity index (χ1v) is 14.4. The minimum atomic E-state index is -0.332. The lowest BCUT2D eigenvalue weighted by Gasteiger charge is -2.41. The number of hydrogen-bond donors (Lipinski definition) is 1. The summed E-state index contributed by atoms with van der Waals surface area (Å²) in [6.45, 7) is 4.19. The van der Waals surface area contributed by atoms with Crippen molar-refractivity contribution in [3.05, 3.63) is 119 Å². The van der Waals surface area contributed by atoms with Gasteiger partial charge in [0, 0.05) is 16.8 Å². The maximum atomic E-state index is 6.01. The molecule has 0 aliphatic carbocycles. The zero-order chi connectivity index (χ0) is 29.5. The lowest BCUT2D eigenvalue weighted by Crippen LogP contribution is -2.46. The van der Waals surface area contributed by atoms with Crippen LogP contribution in [0.4, 0.5) is 22.9 Å². The highest BCUT2D eigenvalue weighted by Gasteiger charge is 2.42. The summed E-state index contributed by atoms with van der Waals surface area (Å²) >= 11 is 0. The summed E-state index contributed by atoms with van der Waals surface area (Å²) in [5.74, 6) is 3.42. The highest BCUT2D eigenvalue weighted by molar-refractivity contribution is 6.51. The van der Waals surface area contributed by atoms with Crippen molar-refractivity contribution in [1.82, 2.24) is 9.78 Å². The van der Waals surface area contributed by atoms with Crippen molar-refractivity contribution in [1.29, 1.82) is 0 Å². The Bertz CT molecular complexity index is 1870. The Morgan fingerprint density at radius 1 is 0.814 bits per heavy atom. The van der Waals surface area contributed by atoms with E-state index < -0.39 is 0 Å². The Hall–Kier alpha value is -5.37. The van der Waals surface area contributed by atoms with E-state index in [1.165, 1.54) is 5.56 Å². The number of amidine groups is 2. The topological polar surface area (TPSA) is 76.3 Å². The molecule has 5 aromatic rings. The van der Waals surface area contributed by atoms with Crippen molar-refractivity contribution in [3.63, 3.8) is 0 Å². The van der Waals surface area contributed by atoms with Crippen molar-refractivity contribution in [2.24, 2.45) is 9.98 Å². The summed E-state index contributed by atoms with van der Waals surface area (Å²) in [6.07, 6.45) is 0.977. The second kappa shape index (κ2) is 10.8. The quantitative estimate of drug-likeness (QED) is 0.229. The summed E-state index contributed by atoms with van der Waals surface area (Å²) in [5.41, 5.74) is 7.73. The van der Waals surface area contributed by atoms with Crippen molar-refractivity contribution in [2.45, 2.75) is 26.3 Å². The number of rotatable bonds is 6. The number of ether oxygens (including phenoxy) is 2. The van der Waals surface area contributed by atoms with Gasteiger partial charge >= 0.3 is 0 Å². The first-order valence-electron chi connectivity index (χ1n) is 14.4. The SMILES string of the molecule is CCc1ccc(NC2=Nc3ccccc3N3C2=Nc2c(c(C)nn2-c2ccccc2)[C@H]3c2cccc(OC)c2OC)cc1. The third-order valence-corrected chi connectivity index (χ3v) is 7.99. The van der Waals surface area contributed by atoms with Gasteiger partial charge in [0.1, 0.15) is 0 Å². The average Bonchev–Trinajstić information content (AvgIpc) is 3.39. The van der Waals surface area contributed by atoms with E-state index in [0.717, 1.165) is 51.8 Å². The van der Waals surface area contributed by atoms with E-state index in [2.05, 4.69) is 53.5 Å². The van der Waals surface area contributed by atoms with E-state index in [1.54, 1.807) is 14.2 Å². The molecule has 0 unspecified atom stereocenters. The number of aryl methyl sites for hydroxylation is 2. The minimum Gasteiger partial charge on any atom is -0.493 e. The zero-order valence-electron chi connectivity index (χ0n) is 24.6. The monoisotopic (exact) mass is 568 g/mol. The number of fused-ring (bicyclic) bond motifs is 4. The van der Waals surface area contributed by atoms with Crippen LogP contribution in [0.1, 0.15) is 35.3 Å². The number of methoxy groups -OCH3 is 2. The third kappa shape index (κ3) is 4.43. The van der Waals surface area contributed by atoms with Gasteiger partial charge in [-0.3, -0.25) is 0 Å². The molecule has 0 spiro atoms. The van der Waals surface area contributed by atoms with Crippen molar-refractivity contribution < 1.29 is 9.47 Å². The van der Waals surface area contributed by atoms with Crippen LogP contribution >= 0.6 is 0 Å². The first kappa shape index (κ1) is 26.5. The van der Waals surface area contributed by atoms with Crippen molar-refractivity contribution in [3.8, 4) is 17.2 Å². The zero-order valence-corrected chi connectivity index (χ0v) is 24.6. The second-order valence-corrected chi connectivity index (χ2v) is 10.5. The number of aliphatic imine (C=N–C) groups is 2. The Balaban J connectivity index is 1.50. The molecule has 2 aliphatic rings. The van der Waals surface area contributed by atoms with Gasteiger partial charge in [-0.05, 0) is 61.4 Å². The van der Waals surface area contributed by atoms with Crippen LogP contribution in [-0.2, 0) is 6.42 Å². The van der Waals surface area contributed by atoms with Crippen LogP contribution in [0.25, 0.3) is 5.69 Å². The maximum Gasteiger partial charge on any atom is 0.179 e. The fraction of sp³-hybridized carbons (Fsp3) is 0.171. The largest absolute Gasteiger partial charge is 0.493 e. The minimum absolute atomic E-state index is 0.332. The molecule has 2 aliphatic heterocycles. The van der Waals surface area contributed by atoms with E-state index in [4.69, 9.17) is 24.6 Å². The molecule has 1 N–H and O–H groups in total. The lowest BCUT2D eigenvalue weighted by molar-refractivity contribution is 0.350. The molecule has 3 heterocycles. The predicted molar refractivity (Wildman–Crippen MR) is 172 cm³/mol. The smallest absolute Gasteiger partial charge is 0.179 e. The molecule has 214 valence electrons. The molecule has 1 atom stereocenters. The van der Waals surface area contributed by atoms with Crippen LogP contribution in [0, 0.1) is 6.92 Å². The van der Waals surface area contributed by atoms with E-state index in [0.29, 0.717) is 23.2 Å². The van der Waals surface area contributed by atoms with Crippen LogP contribution in [-0.4, -0.2) is 35.7 Å². The summed E-state index contributed by atoms with van der Waals surface area (Å²) in [5, 5.41) is 8.61.